The zero-order chi connectivity index (χ0) is 11.6. The molecule has 0 aliphatic heterocycles. The predicted octanol–water partition coefficient (Wildman–Crippen LogP) is 0.389. The number of nitrogens with one attached hydrogen (secondary N) is 1. The van der Waals surface area contributed by atoms with Gasteiger partial charge in [-0.05, 0) is 34.6 Å². The van der Waals surface area contributed by atoms with Gasteiger partial charge in [-0.3, -0.25) is 4.79 Å². The van der Waals surface area contributed by atoms with Gasteiger partial charge in [0, 0.05) is 12.0 Å². The number of amides is 1. The summed E-state index contributed by atoms with van der Waals surface area (Å²) in [5.41, 5.74) is 4.58. The lowest BCUT2D eigenvalue weighted by Gasteiger charge is -2.30. The molecule has 4 nitrogen and oxygen atoms in total. The third-order valence-corrected chi connectivity index (χ3v) is 2.12. The van der Waals surface area contributed by atoms with E-state index in [1.807, 2.05) is 0 Å². The molecule has 0 aliphatic rings. The van der Waals surface area contributed by atoms with E-state index in [9.17, 15) is 9.90 Å². The minimum absolute atomic E-state index is 0.136. The number of aliphatic hydroxyl groups excluding tert-OH is 1. The number of carbonyl (C=O) groups excluding carboxylic acids is 1. The van der Waals surface area contributed by atoms with Crippen LogP contribution in [0, 0.1) is 0 Å². The number of hydrogen-bond acceptors (Lipinski definition) is 3. The SMILES string of the molecule is CC(O)C(C)(C)NC(=O)CC(C)(C)N. The van der Waals surface area contributed by atoms with Crippen LogP contribution in [0.2, 0.25) is 0 Å². The fourth-order valence-corrected chi connectivity index (χ4v) is 0.922. The van der Waals surface area contributed by atoms with Crippen molar-refractivity contribution in [3.05, 3.63) is 0 Å². The van der Waals surface area contributed by atoms with Gasteiger partial charge in [-0.2, -0.15) is 0 Å². The summed E-state index contributed by atoms with van der Waals surface area (Å²) in [6, 6.07) is 0. The van der Waals surface area contributed by atoms with E-state index in [1.54, 1.807) is 34.6 Å². The molecular formula is C10H22N2O2. The van der Waals surface area contributed by atoms with Crippen LogP contribution < -0.4 is 11.1 Å². The third kappa shape index (κ3) is 5.19. The van der Waals surface area contributed by atoms with E-state index in [-0.39, 0.29) is 12.3 Å². The van der Waals surface area contributed by atoms with Crippen LogP contribution in [-0.4, -0.2) is 28.2 Å². The van der Waals surface area contributed by atoms with Gasteiger partial charge in [0.05, 0.1) is 11.6 Å². The van der Waals surface area contributed by atoms with E-state index in [0.29, 0.717) is 0 Å². The van der Waals surface area contributed by atoms with E-state index in [2.05, 4.69) is 5.32 Å². The summed E-state index contributed by atoms with van der Waals surface area (Å²) < 4.78 is 0. The molecule has 0 aromatic carbocycles. The molecule has 0 fully saturated rings. The van der Waals surface area contributed by atoms with Crippen molar-refractivity contribution in [3.8, 4) is 0 Å². The fourth-order valence-electron chi connectivity index (χ4n) is 0.922. The first-order valence-corrected chi connectivity index (χ1v) is 4.82. The molecule has 0 heterocycles. The summed E-state index contributed by atoms with van der Waals surface area (Å²) in [6.07, 6.45) is -0.337. The van der Waals surface area contributed by atoms with E-state index < -0.39 is 17.2 Å². The molecule has 0 saturated heterocycles. The Morgan fingerprint density at radius 2 is 1.86 bits per heavy atom. The maximum atomic E-state index is 11.5. The number of rotatable bonds is 4. The lowest BCUT2D eigenvalue weighted by Crippen LogP contribution is -2.53. The standard InChI is InChI=1S/C10H22N2O2/c1-7(13)10(4,5)12-8(14)6-9(2,3)11/h7,13H,6,11H2,1-5H3,(H,12,14). The lowest BCUT2D eigenvalue weighted by molar-refractivity contribution is -0.124. The van der Waals surface area contributed by atoms with Crippen LogP contribution in [0.25, 0.3) is 0 Å². The third-order valence-electron chi connectivity index (χ3n) is 2.12. The van der Waals surface area contributed by atoms with Crippen LogP contribution in [0.4, 0.5) is 0 Å². The highest BCUT2D eigenvalue weighted by atomic mass is 16.3. The summed E-state index contributed by atoms with van der Waals surface area (Å²) in [7, 11) is 0. The first-order chi connectivity index (χ1) is 6.04. The Bertz CT molecular complexity index is 205. The molecule has 0 radical (unpaired) electrons. The normalized spacial score (nSPS) is 15.1. The quantitative estimate of drug-likeness (QED) is 0.617. The summed E-state index contributed by atoms with van der Waals surface area (Å²) in [4.78, 5) is 11.5. The Balaban J connectivity index is 4.20. The molecule has 1 atom stereocenters. The minimum Gasteiger partial charge on any atom is -0.391 e. The van der Waals surface area contributed by atoms with Crippen LogP contribution >= 0.6 is 0 Å². The van der Waals surface area contributed by atoms with Crippen molar-refractivity contribution in [1.29, 1.82) is 0 Å². The van der Waals surface area contributed by atoms with E-state index in [4.69, 9.17) is 5.73 Å². The largest absolute Gasteiger partial charge is 0.391 e. The topological polar surface area (TPSA) is 75.3 Å². The zero-order valence-electron chi connectivity index (χ0n) is 9.72. The Hall–Kier alpha value is -0.610. The zero-order valence-corrected chi connectivity index (χ0v) is 9.72. The van der Waals surface area contributed by atoms with Crippen LogP contribution in [0.15, 0.2) is 0 Å². The van der Waals surface area contributed by atoms with E-state index in [0.717, 1.165) is 0 Å². The van der Waals surface area contributed by atoms with Crippen molar-refractivity contribution >= 4 is 5.91 Å². The molecule has 0 aliphatic carbocycles. The second-order valence-corrected chi connectivity index (χ2v) is 5.11. The highest BCUT2D eigenvalue weighted by Gasteiger charge is 2.27. The summed E-state index contributed by atoms with van der Waals surface area (Å²) >= 11 is 0. The molecule has 4 N–H and O–H groups in total. The maximum Gasteiger partial charge on any atom is 0.222 e. The minimum atomic E-state index is -0.609. The van der Waals surface area contributed by atoms with Crippen molar-refractivity contribution in [3.63, 3.8) is 0 Å². The fraction of sp³-hybridized carbons (Fsp3) is 0.900. The van der Waals surface area contributed by atoms with E-state index in [1.165, 1.54) is 0 Å². The Morgan fingerprint density at radius 3 is 2.14 bits per heavy atom. The van der Waals surface area contributed by atoms with Gasteiger partial charge in [0.1, 0.15) is 0 Å². The summed E-state index contributed by atoms with van der Waals surface area (Å²) in [6.45, 7) is 8.79. The van der Waals surface area contributed by atoms with Crippen LogP contribution in [0.5, 0.6) is 0 Å². The van der Waals surface area contributed by atoms with Gasteiger partial charge in [0.25, 0.3) is 0 Å². The smallest absolute Gasteiger partial charge is 0.222 e. The van der Waals surface area contributed by atoms with Crippen molar-refractivity contribution in [2.45, 2.75) is 58.2 Å². The highest BCUT2D eigenvalue weighted by Crippen LogP contribution is 2.10. The van der Waals surface area contributed by atoms with Crippen LogP contribution in [0.1, 0.15) is 41.0 Å². The Morgan fingerprint density at radius 1 is 1.43 bits per heavy atom. The first-order valence-electron chi connectivity index (χ1n) is 4.82. The van der Waals surface area contributed by atoms with Gasteiger partial charge < -0.3 is 16.2 Å². The molecule has 0 spiro atoms. The number of carbonyl (C=O) groups is 1. The van der Waals surface area contributed by atoms with Crippen LogP contribution in [0.3, 0.4) is 0 Å². The Kier molecular flexibility index (Phi) is 4.09. The molecular weight excluding hydrogens is 180 g/mol. The average Bonchev–Trinajstić information content (AvgIpc) is 1.79. The van der Waals surface area contributed by atoms with Gasteiger partial charge in [-0.25, -0.2) is 0 Å². The highest BCUT2D eigenvalue weighted by molar-refractivity contribution is 5.77. The van der Waals surface area contributed by atoms with Crippen molar-refractivity contribution < 1.29 is 9.90 Å². The number of hydrogen-bond donors (Lipinski definition) is 3. The molecule has 1 amide bonds. The molecule has 0 aromatic heterocycles. The van der Waals surface area contributed by atoms with Crippen molar-refractivity contribution in [1.82, 2.24) is 5.32 Å². The van der Waals surface area contributed by atoms with Gasteiger partial charge >= 0.3 is 0 Å². The predicted molar refractivity (Wildman–Crippen MR) is 56.8 cm³/mol. The number of aliphatic hydroxyl groups is 1. The van der Waals surface area contributed by atoms with Crippen molar-refractivity contribution in [2.24, 2.45) is 5.73 Å². The first kappa shape index (κ1) is 13.4. The second-order valence-electron chi connectivity index (χ2n) is 5.11. The summed E-state index contributed by atoms with van der Waals surface area (Å²) in [5.74, 6) is -0.136. The molecule has 1 unspecified atom stereocenters. The molecule has 4 heteroatoms. The molecule has 0 aromatic rings. The monoisotopic (exact) mass is 202 g/mol. The molecule has 0 rings (SSSR count). The maximum absolute atomic E-state index is 11.5. The molecule has 84 valence electrons. The van der Waals surface area contributed by atoms with Gasteiger partial charge in [-0.15, -0.1) is 0 Å². The van der Waals surface area contributed by atoms with Gasteiger partial charge in [0.15, 0.2) is 0 Å². The second kappa shape index (κ2) is 4.28. The average molecular weight is 202 g/mol. The van der Waals surface area contributed by atoms with Gasteiger partial charge in [0.2, 0.25) is 5.91 Å². The Labute approximate surface area is 85.9 Å². The van der Waals surface area contributed by atoms with E-state index >= 15 is 0 Å². The molecule has 0 bridgehead atoms. The molecule has 0 saturated carbocycles. The van der Waals surface area contributed by atoms with Gasteiger partial charge in [-0.1, -0.05) is 0 Å². The summed E-state index contributed by atoms with van der Waals surface area (Å²) in [5, 5.41) is 12.1. The number of nitrogens with two attached hydrogens (primary N) is 1. The van der Waals surface area contributed by atoms with Crippen molar-refractivity contribution in [2.75, 3.05) is 0 Å². The lowest BCUT2D eigenvalue weighted by atomic mass is 9.96. The molecule has 14 heavy (non-hydrogen) atoms. The van der Waals surface area contributed by atoms with Crippen LogP contribution in [-0.2, 0) is 4.79 Å².